The van der Waals surface area contributed by atoms with Crippen molar-refractivity contribution in [3.05, 3.63) is 28.3 Å². The topological polar surface area (TPSA) is 93.0 Å². The Kier molecular flexibility index (Phi) is 4.33. The van der Waals surface area contributed by atoms with Crippen LogP contribution in [0.1, 0.15) is 0 Å². The average Bonchev–Trinajstić information content (AvgIpc) is 2.45. The number of benzene rings is 1. The van der Waals surface area contributed by atoms with E-state index in [2.05, 4.69) is 0 Å². The second kappa shape index (κ2) is 5.86. The number of hydrogen-bond acceptors (Lipinski definition) is 6. The molecular weight excluding hydrogens is 298 g/mol. The summed E-state index contributed by atoms with van der Waals surface area (Å²) < 4.78 is 29.4. The van der Waals surface area contributed by atoms with Crippen LogP contribution in [-0.4, -0.2) is 57.2 Å². The minimum atomic E-state index is -3.22. The number of piperazine rings is 1. The molecule has 116 valence electrons. The van der Waals surface area contributed by atoms with Crippen LogP contribution in [0.4, 0.5) is 11.4 Å². The highest BCUT2D eigenvalue weighted by Gasteiger charge is 2.29. The minimum Gasteiger partial charge on any atom is -0.490 e. The molecule has 2 rings (SSSR count). The Morgan fingerprint density at radius 3 is 2.33 bits per heavy atom. The summed E-state index contributed by atoms with van der Waals surface area (Å²) in [6.45, 7) is 1.43. The Morgan fingerprint density at radius 1 is 1.24 bits per heavy atom. The number of hydrogen-bond donors (Lipinski definition) is 0. The first-order valence-electron chi connectivity index (χ1n) is 6.36. The molecule has 0 radical (unpaired) electrons. The molecule has 0 bridgehead atoms. The third-order valence-electron chi connectivity index (χ3n) is 3.43. The lowest BCUT2D eigenvalue weighted by Gasteiger charge is -2.34. The van der Waals surface area contributed by atoms with E-state index < -0.39 is 14.9 Å². The molecule has 9 heteroatoms. The van der Waals surface area contributed by atoms with Gasteiger partial charge in [0.05, 0.1) is 18.3 Å². The van der Waals surface area contributed by atoms with Gasteiger partial charge in [-0.1, -0.05) is 6.07 Å². The first-order chi connectivity index (χ1) is 9.84. The zero-order valence-corrected chi connectivity index (χ0v) is 12.7. The molecule has 1 aliphatic rings. The van der Waals surface area contributed by atoms with E-state index in [4.69, 9.17) is 4.74 Å². The van der Waals surface area contributed by atoms with E-state index in [0.29, 0.717) is 31.9 Å². The highest BCUT2D eigenvalue weighted by molar-refractivity contribution is 7.88. The van der Waals surface area contributed by atoms with Gasteiger partial charge in [-0.25, -0.2) is 8.42 Å². The second-order valence-electron chi connectivity index (χ2n) is 4.73. The van der Waals surface area contributed by atoms with E-state index in [0.717, 1.165) is 6.26 Å². The smallest absolute Gasteiger partial charge is 0.333 e. The fraction of sp³-hybridized carbons (Fsp3) is 0.500. The van der Waals surface area contributed by atoms with Crippen molar-refractivity contribution < 1.29 is 18.1 Å². The molecule has 0 amide bonds. The predicted octanol–water partition coefficient (Wildman–Crippen LogP) is 0.685. The van der Waals surface area contributed by atoms with Crippen molar-refractivity contribution in [1.82, 2.24) is 4.31 Å². The molecule has 1 saturated heterocycles. The van der Waals surface area contributed by atoms with Gasteiger partial charge in [-0.2, -0.15) is 4.31 Å². The first kappa shape index (κ1) is 15.5. The Morgan fingerprint density at radius 2 is 1.86 bits per heavy atom. The standard InChI is InChI=1S/C12H17N3O5S/c1-20-11-5-3-4-10(12(11)15(16)17)13-6-8-14(9-7-13)21(2,18)19/h3-5H,6-9H2,1-2H3. The molecule has 21 heavy (non-hydrogen) atoms. The molecule has 8 nitrogen and oxygen atoms in total. The molecule has 0 unspecified atom stereocenters. The number of ether oxygens (including phenoxy) is 1. The number of nitro groups is 1. The van der Waals surface area contributed by atoms with Crippen LogP contribution in [0.25, 0.3) is 0 Å². The number of sulfonamides is 1. The van der Waals surface area contributed by atoms with E-state index in [-0.39, 0.29) is 11.4 Å². The Hall–Kier alpha value is -1.87. The number of nitrogens with zero attached hydrogens (tertiary/aromatic N) is 3. The second-order valence-corrected chi connectivity index (χ2v) is 6.72. The van der Waals surface area contributed by atoms with Crippen molar-refractivity contribution in [2.24, 2.45) is 0 Å². The summed E-state index contributed by atoms with van der Waals surface area (Å²) in [5.74, 6) is 0.197. The Balaban J connectivity index is 2.27. The summed E-state index contributed by atoms with van der Waals surface area (Å²) in [4.78, 5) is 12.6. The summed E-state index contributed by atoms with van der Waals surface area (Å²) >= 11 is 0. The van der Waals surface area contributed by atoms with Gasteiger partial charge in [0.15, 0.2) is 5.75 Å². The van der Waals surface area contributed by atoms with Crippen molar-refractivity contribution in [1.29, 1.82) is 0 Å². The van der Waals surface area contributed by atoms with Crippen LogP contribution in [0.15, 0.2) is 18.2 Å². The summed E-state index contributed by atoms with van der Waals surface area (Å²) in [7, 11) is -1.84. The predicted molar refractivity (Wildman–Crippen MR) is 78.3 cm³/mol. The van der Waals surface area contributed by atoms with E-state index in [1.54, 1.807) is 12.1 Å². The summed E-state index contributed by atoms with van der Waals surface area (Å²) in [6.07, 6.45) is 1.16. The maximum Gasteiger partial charge on any atom is 0.333 e. The first-order valence-corrected chi connectivity index (χ1v) is 8.21. The summed E-state index contributed by atoms with van der Waals surface area (Å²) in [5.41, 5.74) is 0.361. The van der Waals surface area contributed by atoms with Crippen LogP contribution in [0.2, 0.25) is 0 Å². The highest BCUT2D eigenvalue weighted by atomic mass is 32.2. The summed E-state index contributed by atoms with van der Waals surface area (Å²) in [5, 5.41) is 11.3. The van der Waals surface area contributed by atoms with Crippen LogP contribution in [0.5, 0.6) is 5.75 Å². The minimum absolute atomic E-state index is 0.0900. The molecule has 1 aromatic carbocycles. The molecule has 0 spiro atoms. The van der Waals surface area contributed by atoms with Gasteiger partial charge in [-0.15, -0.1) is 0 Å². The monoisotopic (exact) mass is 315 g/mol. The zero-order valence-electron chi connectivity index (χ0n) is 11.9. The fourth-order valence-corrected chi connectivity index (χ4v) is 3.20. The van der Waals surface area contributed by atoms with E-state index in [9.17, 15) is 18.5 Å². The van der Waals surface area contributed by atoms with Crippen LogP contribution in [0.3, 0.4) is 0 Å². The van der Waals surface area contributed by atoms with Crippen LogP contribution in [0, 0.1) is 10.1 Å². The largest absolute Gasteiger partial charge is 0.490 e. The van der Waals surface area contributed by atoms with Gasteiger partial charge >= 0.3 is 5.69 Å². The molecule has 0 aromatic heterocycles. The third-order valence-corrected chi connectivity index (χ3v) is 4.73. The number of nitro benzene ring substituents is 1. The molecule has 0 saturated carbocycles. The molecule has 0 N–H and O–H groups in total. The lowest BCUT2D eigenvalue weighted by molar-refractivity contribution is -0.385. The number of methoxy groups -OCH3 is 1. The van der Waals surface area contributed by atoms with E-state index in [1.807, 2.05) is 4.90 Å². The van der Waals surface area contributed by atoms with Crippen molar-refractivity contribution in [2.45, 2.75) is 0 Å². The van der Waals surface area contributed by atoms with Gasteiger partial charge in [0.2, 0.25) is 10.0 Å². The molecule has 0 atom stereocenters. The number of anilines is 1. The molecule has 0 aliphatic carbocycles. The molecule has 1 aromatic rings. The van der Waals surface area contributed by atoms with Crippen molar-refractivity contribution in [2.75, 3.05) is 44.4 Å². The van der Waals surface area contributed by atoms with Crippen LogP contribution in [-0.2, 0) is 10.0 Å². The zero-order chi connectivity index (χ0) is 15.6. The van der Waals surface area contributed by atoms with Gasteiger partial charge in [-0.3, -0.25) is 10.1 Å². The molecule has 1 aliphatic heterocycles. The Bertz CT molecular complexity index is 638. The summed E-state index contributed by atoms with van der Waals surface area (Å²) in [6, 6.07) is 4.87. The van der Waals surface area contributed by atoms with Crippen molar-refractivity contribution in [3.63, 3.8) is 0 Å². The van der Waals surface area contributed by atoms with Gasteiger partial charge in [0, 0.05) is 26.2 Å². The van der Waals surface area contributed by atoms with E-state index in [1.165, 1.54) is 17.5 Å². The average molecular weight is 315 g/mol. The number of rotatable bonds is 4. The Labute approximate surface area is 123 Å². The maximum atomic E-state index is 11.5. The van der Waals surface area contributed by atoms with Crippen LogP contribution < -0.4 is 9.64 Å². The normalized spacial score (nSPS) is 16.8. The lowest BCUT2D eigenvalue weighted by atomic mass is 10.2. The van der Waals surface area contributed by atoms with Gasteiger partial charge in [0.1, 0.15) is 5.69 Å². The molecule has 1 fully saturated rings. The molecular formula is C12H17N3O5S. The highest BCUT2D eigenvalue weighted by Crippen LogP contribution is 2.37. The lowest BCUT2D eigenvalue weighted by Crippen LogP contribution is -2.48. The van der Waals surface area contributed by atoms with E-state index >= 15 is 0 Å². The quantitative estimate of drug-likeness (QED) is 0.599. The fourth-order valence-electron chi connectivity index (χ4n) is 2.37. The van der Waals surface area contributed by atoms with Gasteiger partial charge in [0.25, 0.3) is 0 Å². The third kappa shape index (κ3) is 3.24. The maximum absolute atomic E-state index is 11.5. The van der Waals surface area contributed by atoms with Crippen LogP contribution >= 0.6 is 0 Å². The molecule has 1 heterocycles. The van der Waals surface area contributed by atoms with Crippen molar-refractivity contribution in [3.8, 4) is 5.75 Å². The van der Waals surface area contributed by atoms with Gasteiger partial charge in [-0.05, 0) is 12.1 Å². The number of para-hydroxylation sites is 1. The van der Waals surface area contributed by atoms with Crippen molar-refractivity contribution >= 4 is 21.4 Å². The van der Waals surface area contributed by atoms with Gasteiger partial charge < -0.3 is 9.64 Å². The SMILES string of the molecule is COc1cccc(N2CCN(S(C)(=O)=O)CC2)c1[N+](=O)[O-].